The van der Waals surface area contributed by atoms with Gasteiger partial charge in [0.2, 0.25) is 0 Å². The fraction of sp³-hybridized carbons (Fsp3) is 0.462. The highest BCUT2D eigenvalue weighted by molar-refractivity contribution is 7.91. The number of hydrogen-bond acceptors (Lipinski definition) is 3. The Morgan fingerprint density at radius 1 is 1.22 bits per heavy atom. The quantitative estimate of drug-likeness (QED) is 0.876. The van der Waals surface area contributed by atoms with Crippen molar-refractivity contribution < 1.29 is 13.2 Å². The van der Waals surface area contributed by atoms with E-state index in [2.05, 4.69) is 5.32 Å². The van der Waals surface area contributed by atoms with Gasteiger partial charge in [0.1, 0.15) is 0 Å². The van der Waals surface area contributed by atoms with Crippen molar-refractivity contribution in [3.8, 4) is 0 Å². The summed E-state index contributed by atoms with van der Waals surface area (Å²) in [6, 6.07) is 5.37. The van der Waals surface area contributed by atoms with Crippen LogP contribution in [0.3, 0.4) is 0 Å². The number of nitrogens with one attached hydrogen (secondary N) is 1. The van der Waals surface area contributed by atoms with Gasteiger partial charge in [0.25, 0.3) is 5.91 Å². The van der Waals surface area contributed by atoms with Crippen LogP contribution in [0.1, 0.15) is 27.9 Å². The van der Waals surface area contributed by atoms with Gasteiger partial charge in [-0.25, -0.2) is 8.42 Å². The minimum atomic E-state index is -2.95. The highest BCUT2D eigenvalue weighted by atomic mass is 32.2. The van der Waals surface area contributed by atoms with Crippen molar-refractivity contribution in [2.75, 3.05) is 11.5 Å². The Morgan fingerprint density at radius 2 is 1.83 bits per heavy atom. The van der Waals surface area contributed by atoms with Crippen molar-refractivity contribution in [1.29, 1.82) is 0 Å². The van der Waals surface area contributed by atoms with Gasteiger partial charge in [-0.05, 0) is 32.4 Å². The minimum absolute atomic E-state index is 0.0591. The fourth-order valence-corrected chi connectivity index (χ4v) is 3.96. The lowest BCUT2D eigenvalue weighted by Gasteiger charge is -2.11. The SMILES string of the molecule is Cc1cc(C)cc(C(=O)NC2CCS(=O)(=O)C2)c1. The number of sulfone groups is 1. The highest BCUT2D eigenvalue weighted by Gasteiger charge is 2.29. The predicted octanol–water partition coefficient (Wildman–Crippen LogP) is 1.22. The molecule has 1 amide bonds. The van der Waals surface area contributed by atoms with Crippen LogP contribution < -0.4 is 5.32 Å². The van der Waals surface area contributed by atoms with Gasteiger partial charge in [0.15, 0.2) is 9.84 Å². The number of aryl methyl sites for hydroxylation is 2. The van der Waals surface area contributed by atoms with Gasteiger partial charge in [-0.1, -0.05) is 17.2 Å². The zero-order valence-corrected chi connectivity index (χ0v) is 11.4. The standard InChI is InChI=1S/C13H17NO3S/c1-9-5-10(2)7-11(6-9)13(15)14-12-3-4-18(16,17)8-12/h5-7,12H,3-4,8H2,1-2H3,(H,14,15). The summed E-state index contributed by atoms with van der Waals surface area (Å²) in [5.41, 5.74) is 2.65. The second-order valence-electron chi connectivity index (χ2n) is 4.95. The monoisotopic (exact) mass is 267 g/mol. The van der Waals surface area contributed by atoms with Gasteiger partial charge in [0, 0.05) is 11.6 Å². The van der Waals surface area contributed by atoms with Gasteiger partial charge >= 0.3 is 0 Å². The van der Waals surface area contributed by atoms with Crippen molar-refractivity contribution in [3.63, 3.8) is 0 Å². The predicted molar refractivity (Wildman–Crippen MR) is 70.4 cm³/mol. The molecule has 0 saturated carbocycles. The van der Waals surface area contributed by atoms with Crippen LogP contribution in [0, 0.1) is 13.8 Å². The molecule has 18 heavy (non-hydrogen) atoms. The van der Waals surface area contributed by atoms with Crippen LogP contribution in [-0.2, 0) is 9.84 Å². The van der Waals surface area contributed by atoms with Gasteiger partial charge in [0.05, 0.1) is 11.5 Å². The molecular formula is C13H17NO3S. The first-order chi connectivity index (χ1) is 8.35. The molecule has 4 nitrogen and oxygen atoms in total. The average Bonchev–Trinajstić information content (AvgIpc) is 2.56. The van der Waals surface area contributed by atoms with Crippen LogP contribution >= 0.6 is 0 Å². The molecule has 0 spiro atoms. The number of amides is 1. The van der Waals surface area contributed by atoms with Crippen LogP contribution in [0.2, 0.25) is 0 Å². The molecule has 0 radical (unpaired) electrons. The van der Waals surface area contributed by atoms with E-state index >= 15 is 0 Å². The summed E-state index contributed by atoms with van der Waals surface area (Å²) in [6.07, 6.45) is 0.513. The van der Waals surface area contributed by atoms with Crippen LogP contribution in [0.15, 0.2) is 18.2 Å². The van der Waals surface area contributed by atoms with Crippen LogP contribution in [0.25, 0.3) is 0 Å². The molecule has 5 heteroatoms. The van der Waals surface area contributed by atoms with E-state index < -0.39 is 9.84 Å². The molecule has 1 heterocycles. The van der Waals surface area contributed by atoms with Crippen molar-refractivity contribution in [1.82, 2.24) is 5.32 Å². The average molecular weight is 267 g/mol. The lowest BCUT2D eigenvalue weighted by atomic mass is 10.1. The Bertz CT molecular complexity index is 558. The molecule has 1 aromatic rings. The third kappa shape index (κ3) is 3.10. The van der Waals surface area contributed by atoms with E-state index in [1.54, 1.807) is 0 Å². The number of benzene rings is 1. The molecule has 0 aromatic heterocycles. The van der Waals surface area contributed by atoms with Gasteiger partial charge in [-0.15, -0.1) is 0 Å². The molecule has 1 aromatic carbocycles. The van der Waals surface area contributed by atoms with E-state index in [0.29, 0.717) is 12.0 Å². The fourth-order valence-electron chi connectivity index (χ4n) is 2.28. The van der Waals surface area contributed by atoms with E-state index in [9.17, 15) is 13.2 Å². The highest BCUT2D eigenvalue weighted by Crippen LogP contribution is 2.13. The van der Waals surface area contributed by atoms with Gasteiger partial charge < -0.3 is 5.32 Å². The Morgan fingerprint density at radius 3 is 2.33 bits per heavy atom. The molecule has 1 aliphatic heterocycles. The van der Waals surface area contributed by atoms with E-state index in [1.165, 1.54) is 0 Å². The second-order valence-corrected chi connectivity index (χ2v) is 7.18. The van der Waals surface area contributed by atoms with E-state index in [4.69, 9.17) is 0 Å². The molecule has 1 aliphatic rings. The number of hydrogen-bond donors (Lipinski definition) is 1. The third-order valence-electron chi connectivity index (χ3n) is 3.05. The Labute approximate surface area is 107 Å². The molecule has 2 rings (SSSR count). The first kappa shape index (κ1) is 13.1. The lowest BCUT2D eigenvalue weighted by molar-refractivity contribution is 0.0941. The van der Waals surface area contributed by atoms with Crippen molar-refractivity contribution in [2.24, 2.45) is 0 Å². The Hall–Kier alpha value is -1.36. The Balaban J connectivity index is 2.08. The summed E-state index contributed by atoms with van der Waals surface area (Å²) in [6.45, 7) is 3.87. The van der Waals surface area contributed by atoms with Crippen molar-refractivity contribution >= 4 is 15.7 Å². The zero-order valence-electron chi connectivity index (χ0n) is 10.6. The molecular weight excluding hydrogens is 250 g/mol. The molecule has 1 atom stereocenters. The summed E-state index contributed by atoms with van der Waals surface area (Å²) < 4.78 is 22.6. The molecule has 1 N–H and O–H groups in total. The molecule has 1 saturated heterocycles. The largest absolute Gasteiger partial charge is 0.348 e. The van der Waals surface area contributed by atoms with E-state index in [0.717, 1.165) is 11.1 Å². The molecule has 1 fully saturated rings. The van der Waals surface area contributed by atoms with Gasteiger partial charge in [-0.3, -0.25) is 4.79 Å². The lowest BCUT2D eigenvalue weighted by Crippen LogP contribution is -2.35. The number of carbonyl (C=O) groups is 1. The maximum absolute atomic E-state index is 12.0. The smallest absolute Gasteiger partial charge is 0.251 e. The Kier molecular flexibility index (Phi) is 3.43. The summed E-state index contributed by atoms with van der Waals surface area (Å²) >= 11 is 0. The van der Waals surface area contributed by atoms with Crippen LogP contribution in [0.4, 0.5) is 0 Å². The maximum atomic E-state index is 12.0. The normalized spacial score (nSPS) is 21.8. The number of carbonyl (C=O) groups excluding carboxylic acids is 1. The zero-order chi connectivity index (χ0) is 13.3. The van der Waals surface area contributed by atoms with E-state index in [-0.39, 0.29) is 23.5 Å². The summed E-state index contributed by atoms with van der Waals surface area (Å²) in [5, 5.41) is 2.79. The first-order valence-corrected chi connectivity index (χ1v) is 7.77. The first-order valence-electron chi connectivity index (χ1n) is 5.95. The van der Waals surface area contributed by atoms with Crippen LogP contribution in [0.5, 0.6) is 0 Å². The van der Waals surface area contributed by atoms with Crippen LogP contribution in [-0.4, -0.2) is 31.9 Å². The van der Waals surface area contributed by atoms with Crippen molar-refractivity contribution in [2.45, 2.75) is 26.3 Å². The van der Waals surface area contributed by atoms with Gasteiger partial charge in [-0.2, -0.15) is 0 Å². The molecule has 0 aliphatic carbocycles. The molecule has 98 valence electrons. The summed E-state index contributed by atoms with van der Waals surface area (Å²) in [5.74, 6) is 0.0397. The summed E-state index contributed by atoms with van der Waals surface area (Å²) in [4.78, 5) is 12.0. The molecule has 1 unspecified atom stereocenters. The summed E-state index contributed by atoms with van der Waals surface area (Å²) in [7, 11) is -2.95. The molecule has 0 bridgehead atoms. The maximum Gasteiger partial charge on any atom is 0.251 e. The second kappa shape index (κ2) is 4.72. The minimum Gasteiger partial charge on any atom is -0.348 e. The number of rotatable bonds is 2. The topological polar surface area (TPSA) is 63.2 Å². The third-order valence-corrected chi connectivity index (χ3v) is 4.82. The van der Waals surface area contributed by atoms with Crippen molar-refractivity contribution in [3.05, 3.63) is 34.9 Å². The van der Waals surface area contributed by atoms with E-state index in [1.807, 2.05) is 32.0 Å².